The van der Waals surface area contributed by atoms with Crippen LogP contribution in [0.5, 0.6) is 0 Å². The van der Waals surface area contributed by atoms with Gasteiger partial charge in [-0.05, 0) is 55.0 Å². The number of nitrogens with one attached hydrogen (secondary N) is 2. The van der Waals surface area contributed by atoms with Crippen molar-refractivity contribution in [2.45, 2.75) is 13.5 Å². The third-order valence-electron chi connectivity index (χ3n) is 3.62. The summed E-state index contributed by atoms with van der Waals surface area (Å²) in [6.07, 6.45) is 0. The number of aromatic nitrogens is 2. The molecule has 0 spiro atoms. The van der Waals surface area contributed by atoms with E-state index >= 15 is 0 Å². The number of benzene rings is 2. The Hall–Kier alpha value is -2.15. The number of aryl methyl sites for hydroxylation is 1. The van der Waals surface area contributed by atoms with Crippen molar-refractivity contribution < 1.29 is 4.39 Å². The van der Waals surface area contributed by atoms with Crippen LogP contribution in [0.2, 0.25) is 10.0 Å². The second-order valence-corrected chi connectivity index (χ2v) is 6.92. The summed E-state index contributed by atoms with van der Waals surface area (Å²) in [6, 6.07) is 13.8. The Morgan fingerprint density at radius 3 is 2.69 bits per heavy atom. The molecule has 134 valence electrons. The van der Waals surface area contributed by atoms with E-state index in [-0.39, 0.29) is 5.02 Å². The molecule has 0 amide bonds. The van der Waals surface area contributed by atoms with Gasteiger partial charge in [0.25, 0.3) is 0 Å². The Kier molecular flexibility index (Phi) is 5.76. The summed E-state index contributed by atoms with van der Waals surface area (Å²) in [6.45, 7) is 2.56. The first-order chi connectivity index (χ1) is 12.4. The van der Waals surface area contributed by atoms with Gasteiger partial charge in [0.15, 0.2) is 10.9 Å². The minimum absolute atomic E-state index is 0.0273. The van der Waals surface area contributed by atoms with E-state index in [9.17, 15) is 4.39 Å². The lowest BCUT2D eigenvalue weighted by molar-refractivity contribution is 0.628. The zero-order chi connectivity index (χ0) is 18.7. The average molecular weight is 409 g/mol. The van der Waals surface area contributed by atoms with Crippen molar-refractivity contribution in [1.29, 1.82) is 0 Å². The summed E-state index contributed by atoms with van der Waals surface area (Å²) in [7, 11) is 0. The van der Waals surface area contributed by atoms with E-state index in [0.717, 1.165) is 11.3 Å². The Morgan fingerprint density at radius 2 is 1.96 bits per heavy atom. The number of halogens is 3. The second-order valence-electron chi connectivity index (χ2n) is 5.67. The molecular weight excluding hydrogens is 394 g/mol. The van der Waals surface area contributed by atoms with Crippen LogP contribution in [0.15, 0.2) is 48.5 Å². The Labute approximate surface area is 165 Å². The molecule has 2 N–H and O–H groups in total. The molecule has 0 radical (unpaired) electrons. The molecule has 0 fully saturated rings. The highest BCUT2D eigenvalue weighted by atomic mass is 35.5. The molecular formula is C18H15Cl2FN4S. The van der Waals surface area contributed by atoms with Gasteiger partial charge in [0, 0.05) is 22.5 Å². The van der Waals surface area contributed by atoms with Crippen molar-refractivity contribution >= 4 is 52.0 Å². The largest absolute Gasteiger partial charge is 0.332 e. The Bertz CT molecular complexity index is 958. The fourth-order valence-electron chi connectivity index (χ4n) is 2.39. The number of anilines is 2. The van der Waals surface area contributed by atoms with Gasteiger partial charge in [0.05, 0.1) is 11.6 Å². The van der Waals surface area contributed by atoms with Crippen molar-refractivity contribution in [2.24, 2.45) is 0 Å². The maximum Gasteiger partial charge on any atom is 0.176 e. The standard InChI is InChI=1S/C18H15Cl2FN4S/c1-11-7-17(24-25(11)10-12-3-2-4-13(19)8-12)23-18(26)22-14-5-6-16(21)15(20)9-14/h2-9H,10H2,1H3,(H2,22,23,24,26). The lowest BCUT2D eigenvalue weighted by atomic mass is 10.2. The summed E-state index contributed by atoms with van der Waals surface area (Å²) >= 11 is 17.1. The molecule has 4 nitrogen and oxygen atoms in total. The SMILES string of the molecule is Cc1cc(NC(=S)Nc2ccc(F)c(Cl)c2)nn1Cc1cccc(Cl)c1. The maximum absolute atomic E-state index is 13.2. The smallest absolute Gasteiger partial charge is 0.176 e. The van der Waals surface area contributed by atoms with Crippen LogP contribution in [-0.2, 0) is 6.54 Å². The quantitative estimate of drug-likeness (QED) is 0.559. The molecule has 1 aromatic heterocycles. The van der Waals surface area contributed by atoms with Gasteiger partial charge in [-0.15, -0.1) is 0 Å². The molecule has 0 unspecified atom stereocenters. The monoisotopic (exact) mass is 408 g/mol. The van der Waals surface area contributed by atoms with E-state index in [2.05, 4.69) is 15.7 Å². The molecule has 26 heavy (non-hydrogen) atoms. The average Bonchev–Trinajstić information content (AvgIpc) is 2.90. The zero-order valence-electron chi connectivity index (χ0n) is 13.8. The molecule has 0 aliphatic heterocycles. The van der Waals surface area contributed by atoms with Crippen LogP contribution in [0, 0.1) is 12.7 Å². The summed E-state index contributed by atoms with van der Waals surface area (Å²) in [5.41, 5.74) is 2.61. The second kappa shape index (κ2) is 8.03. The van der Waals surface area contributed by atoms with Gasteiger partial charge in [-0.2, -0.15) is 5.10 Å². The molecule has 8 heteroatoms. The van der Waals surface area contributed by atoms with Gasteiger partial charge < -0.3 is 10.6 Å². The van der Waals surface area contributed by atoms with Crippen molar-refractivity contribution in [1.82, 2.24) is 9.78 Å². The Morgan fingerprint density at radius 1 is 1.15 bits per heavy atom. The lowest BCUT2D eigenvalue weighted by Gasteiger charge is -2.09. The summed E-state index contributed by atoms with van der Waals surface area (Å²) in [5, 5.41) is 11.5. The topological polar surface area (TPSA) is 41.9 Å². The molecule has 2 aromatic carbocycles. The molecule has 0 aliphatic rings. The van der Waals surface area contributed by atoms with Crippen LogP contribution in [0.3, 0.4) is 0 Å². The van der Waals surface area contributed by atoms with E-state index in [4.69, 9.17) is 35.4 Å². The van der Waals surface area contributed by atoms with E-state index in [0.29, 0.717) is 28.2 Å². The number of hydrogen-bond donors (Lipinski definition) is 2. The predicted octanol–water partition coefficient (Wildman–Crippen LogP) is 5.49. The van der Waals surface area contributed by atoms with Crippen LogP contribution in [0.1, 0.15) is 11.3 Å². The van der Waals surface area contributed by atoms with Gasteiger partial charge in [-0.25, -0.2) is 4.39 Å². The number of thiocarbonyl (C=S) groups is 1. The number of rotatable bonds is 4. The van der Waals surface area contributed by atoms with Gasteiger partial charge in [0.2, 0.25) is 0 Å². The zero-order valence-corrected chi connectivity index (χ0v) is 16.1. The number of nitrogens with zero attached hydrogens (tertiary/aromatic N) is 2. The molecule has 3 aromatic rings. The van der Waals surface area contributed by atoms with Crippen molar-refractivity contribution in [2.75, 3.05) is 10.6 Å². The first-order valence-electron chi connectivity index (χ1n) is 7.72. The molecule has 0 saturated heterocycles. The number of hydrogen-bond acceptors (Lipinski definition) is 2. The van der Waals surface area contributed by atoms with Gasteiger partial charge in [-0.3, -0.25) is 4.68 Å². The van der Waals surface area contributed by atoms with Crippen molar-refractivity contribution in [3.05, 3.63) is 75.7 Å². The minimum atomic E-state index is -0.480. The summed E-state index contributed by atoms with van der Waals surface area (Å²) in [4.78, 5) is 0. The summed E-state index contributed by atoms with van der Waals surface area (Å²) < 4.78 is 15.1. The predicted molar refractivity (Wildman–Crippen MR) is 109 cm³/mol. The lowest BCUT2D eigenvalue weighted by Crippen LogP contribution is -2.19. The van der Waals surface area contributed by atoms with Crippen molar-refractivity contribution in [3.63, 3.8) is 0 Å². The van der Waals surface area contributed by atoms with Gasteiger partial charge in [-0.1, -0.05) is 35.3 Å². The highest BCUT2D eigenvalue weighted by Gasteiger charge is 2.08. The Balaban J connectivity index is 1.66. The van der Waals surface area contributed by atoms with Crippen LogP contribution >= 0.6 is 35.4 Å². The van der Waals surface area contributed by atoms with Gasteiger partial charge >= 0.3 is 0 Å². The molecule has 0 aliphatic carbocycles. The normalized spacial score (nSPS) is 10.6. The van der Waals surface area contributed by atoms with E-state index in [1.165, 1.54) is 12.1 Å². The minimum Gasteiger partial charge on any atom is -0.332 e. The van der Waals surface area contributed by atoms with Crippen molar-refractivity contribution in [3.8, 4) is 0 Å². The first kappa shape index (κ1) is 18.6. The van der Waals surface area contributed by atoms with Crippen LogP contribution in [0.25, 0.3) is 0 Å². The van der Waals surface area contributed by atoms with Crippen LogP contribution in [-0.4, -0.2) is 14.9 Å². The molecule has 0 atom stereocenters. The van der Waals surface area contributed by atoms with Gasteiger partial charge in [0.1, 0.15) is 5.82 Å². The van der Waals surface area contributed by atoms with Crippen LogP contribution < -0.4 is 10.6 Å². The fourth-order valence-corrected chi connectivity index (χ4v) is 3.01. The van der Waals surface area contributed by atoms with E-state index in [1.54, 1.807) is 6.07 Å². The highest BCUT2D eigenvalue weighted by Crippen LogP contribution is 2.20. The van der Waals surface area contributed by atoms with E-state index < -0.39 is 5.82 Å². The van der Waals surface area contributed by atoms with E-state index in [1.807, 2.05) is 41.9 Å². The fraction of sp³-hybridized carbons (Fsp3) is 0.111. The summed E-state index contributed by atoms with van der Waals surface area (Å²) in [5.74, 6) is 0.127. The van der Waals surface area contributed by atoms with Crippen LogP contribution in [0.4, 0.5) is 15.9 Å². The molecule has 1 heterocycles. The molecule has 0 saturated carbocycles. The third kappa shape index (κ3) is 4.72. The highest BCUT2D eigenvalue weighted by molar-refractivity contribution is 7.80. The molecule has 0 bridgehead atoms. The molecule has 3 rings (SSSR count). The third-order valence-corrected chi connectivity index (χ3v) is 4.35. The first-order valence-corrected chi connectivity index (χ1v) is 8.89. The maximum atomic E-state index is 13.2.